The molecule has 0 aromatic heterocycles. The van der Waals surface area contributed by atoms with E-state index < -0.39 is 48.7 Å². The van der Waals surface area contributed by atoms with Gasteiger partial charge in [0.2, 0.25) is 17.7 Å². The molecular formula is C29H37N5O7. The maximum atomic E-state index is 13.2. The van der Waals surface area contributed by atoms with Gasteiger partial charge in [0.25, 0.3) is 5.91 Å². The number of rotatable bonds is 6. The van der Waals surface area contributed by atoms with Crippen LogP contribution in [0.5, 0.6) is 5.75 Å². The van der Waals surface area contributed by atoms with Crippen LogP contribution in [0.25, 0.3) is 0 Å². The van der Waals surface area contributed by atoms with Crippen molar-refractivity contribution in [1.82, 2.24) is 25.8 Å². The summed E-state index contributed by atoms with van der Waals surface area (Å²) in [5.41, 5.74) is 2.20. The van der Waals surface area contributed by atoms with Crippen molar-refractivity contribution in [2.45, 2.75) is 31.6 Å². The number of hydrogen-bond acceptors (Lipinski definition) is 8. The third-order valence-corrected chi connectivity index (χ3v) is 7.02. The zero-order valence-electron chi connectivity index (χ0n) is 23.1. The molecule has 0 unspecified atom stereocenters. The van der Waals surface area contributed by atoms with Crippen LogP contribution in [0.2, 0.25) is 0 Å². The minimum Gasteiger partial charge on any atom is -0.491 e. The van der Waals surface area contributed by atoms with E-state index in [0.29, 0.717) is 0 Å². The fourth-order valence-electron chi connectivity index (χ4n) is 4.61. The van der Waals surface area contributed by atoms with Gasteiger partial charge in [0.1, 0.15) is 24.4 Å². The number of aliphatic hydroxyl groups excluding tert-OH is 1. The number of aliphatic hydroxyl groups is 1. The number of likely N-dealkylation sites (N-methyl/N-ethyl adjacent to an activating group) is 1. The van der Waals surface area contributed by atoms with Gasteiger partial charge in [-0.2, -0.15) is 0 Å². The van der Waals surface area contributed by atoms with Gasteiger partial charge in [-0.1, -0.05) is 36.4 Å². The Morgan fingerprint density at radius 1 is 0.976 bits per heavy atom. The number of morpholine rings is 1. The molecule has 0 saturated carbocycles. The normalized spacial score (nSPS) is 21.1. The van der Waals surface area contributed by atoms with E-state index in [0.717, 1.165) is 44.0 Å². The minimum atomic E-state index is -1.24. The number of carbonyl (C=O) groups is 4. The number of nitrogens with one attached hydrogen (secondary N) is 3. The van der Waals surface area contributed by atoms with E-state index in [4.69, 9.17) is 9.47 Å². The van der Waals surface area contributed by atoms with Crippen LogP contribution in [-0.4, -0.2) is 104 Å². The molecule has 4 rings (SSSR count). The van der Waals surface area contributed by atoms with Crippen LogP contribution in [0.4, 0.5) is 0 Å². The monoisotopic (exact) mass is 567 g/mol. The maximum absolute atomic E-state index is 13.2. The summed E-state index contributed by atoms with van der Waals surface area (Å²) in [6.07, 6.45) is -0.438. The van der Waals surface area contributed by atoms with Gasteiger partial charge in [0.15, 0.2) is 0 Å². The zero-order valence-corrected chi connectivity index (χ0v) is 23.1. The number of hydrogen-bond donors (Lipinski definition) is 4. The lowest BCUT2D eigenvalue weighted by Crippen LogP contribution is -2.53. The van der Waals surface area contributed by atoms with E-state index in [1.807, 2.05) is 24.3 Å². The Morgan fingerprint density at radius 2 is 1.68 bits per heavy atom. The maximum Gasteiger partial charge on any atom is 0.255 e. The molecule has 2 atom stereocenters. The summed E-state index contributed by atoms with van der Waals surface area (Å²) in [4.78, 5) is 55.7. The van der Waals surface area contributed by atoms with Crippen molar-refractivity contribution in [1.29, 1.82) is 0 Å². The molecule has 1 saturated heterocycles. The minimum absolute atomic E-state index is 0.0772. The highest BCUT2D eigenvalue weighted by Crippen LogP contribution is 2.18. The summed E-state index contributed by atoms with van der Waals surface area (Å²) < 4.78 is 11.2. The molecule has 0 aliphatic carbocycles. The van der Waals surface area contributed by atoms with Gasteiger partial charge in [-0.3, -0.25) is 24.1 Å². The number of amides is 4. The first kappa shape index (κ1) is 30.0. The van der Waals surface area contributed by atoms with E-state index in [9.17, 15) is 24.3 Å². The van der Waals surface area contributed by atoms with Crippen LogP contribution in [0.1, 0.15) is 27.9 Å². The lowest BCUT2D eigenvalue weighted by Gasteiger charge is -2.26. The first-order valence-electron chi connectivity index (χ1n) is 13.7. The summed E-state index contributed by atoms with van der Waals surface area (Å²) in [6, 6.07) is 12.0. The van der Waals surface area contributed by atoms with E-state index in [1.165, 1.54) is 11.9 Å². The number of nitrogens with zero attached hydrogens (tertiary/aromatic N) is 2. The van der Waals surface area contributed by atoms with E-state index in [2.05, 4.69) is 20.9 Å². The van der Waals surface area contributed by atoms with Gasteiger partial charge >= 0.3 is 0 Å². The van der Waals surface area contributed by atoms with Crippen molar-refractivity contribution in [2.75, 3.05) is 53.1 Å². The lowest BCUT2D eigenvalue weighted by atomic mass is 10.1. The Balaban J connectivity index is 1.45. The Kier molecular flexibility index (Phi) is 10.7. The Labute approximate surface area is 239 Å². The molecule has 0 spiro atoms. The third-order valence-electron chi connectivity index (χ3n) is 7.02. The Bertz CT molecular complexity index is 1220. The quantitative estimate of drug-likeness (QED) is 0.370. The average Bonchev–Trinajstić information content (AvgIpc) is 2.99. The van der Waals surface area contributed by atoms with Crippen LogP contribution >= 0.6 is 0 Å². The smallest absolute Gasteiger partial charge is 0.255 e. The fraction of sp³-hybridized carbons (Fsp3) is 0.448. The Morgan fingerprint density at radius 3 is 2.41 bits per heavy atom. The fourth-order valence-corrected chi connectivity index (χ4v) is 4.61. The van der Waals surface area contributed by atoms with Crippen molar-refractivity contribution < 1.29 is 33.8 Å². The number of carbonyl (C=O) groups excluding carboxylic acids is 4. The van der Waals surface area contributed by atoms with Crippen molar-refractivity contribution >= 4 is 23.6 Å². The number of fused-ring (bicyclic) bond motifs is 1. The standard InChI is InChI=1S/C29H37N5O7/c1-33-10-15-41-25-5-3-2-4-22(25)27(37)32-23(16-26(36)31-24(19-35)29(33)39)28(38)30-17-20-6-8-21(9-7-20)18-34-11-13-40-14-12-34/h2-9,23-24,35H,10-19H2,1H3,(H,30,38)(H,31,36)(H,32,37)/t23-,24-/m0/s1. The summed E-state index contributed by atoms with van der Waals surface area (Å²) in [6.45, 7) is 3.86. The van der Waals surface area contributed by atoms with Crippen LogP contribution in [0, 0.1) is 0 Å². The van der Waals surface area contributed by atoms with E-state index in [-0.39, 0.29) is 31.0 Å². The summed E-state index contributed by atoms with van der Waals surface area (Å²) in [7, 11) is 1.52. The molecule has 2 aliphatic rings. The van der Waals surface area contributed by atoms with Gasteiger partial charge in [0.05, 0.1) is 38.3 Å². The molecule has 220 valence electrons. The lowest BCUT2D eigenvalue weighted by molar-refractivity contribution is -0.137. The average molecular weight is 568 g/mol. The SMILES string of the molecule is CN1CCOc2ccccc2C(=O)N[C@H](C(=O)NCc2ccc(CN3CCOCC3)cc2)CC(=O)N[C@@H](CO)C1=O. The van der Waals surface area contributed by atoms with E-state index in [1.54, 1.807) is 24.3 Å². The molecule has 12 heteroatoms. The largest absolute Gasteiger partial charge is 0.491 e. The molecular weight excluding hydrogens is 530 g/mol. The predicted octanol–water partition coefficient (Wildman–Crippen LogP) is -0.348. The number of para-hydroxylation sites is 1. The molecule has 4 amide bonds. The van der Waals surface area contributed by atoms with Gasteiger partial charge in [-0.25, -0.2) is 0 Å². The number of ether oxygens (including phenoxy) is 2. The highest BCUT2D eigenvalue weighted by atomic mass is 16.5. The Hall–Kier alpha value is -4.00. The first-order valence-corrected chi connectivity index (χ1v) is 13.7. The van der Waals surface area contributed by atoms with Crippen LogP contribution in [0.3, 0.4) is 0 Å². The van der Waals surface area contributed by atoms with Crippen LogP contribution < -0.4 is 20.7 Å². The molecule has 2 heterocycles. The number of benzene rings is 2. The molecule has 41 heavy (non-hydrogen) atoms. The van der Waals surface area contributed by atoms with Gasteiger partial charge in [0, 0.05) is 33.2 Å². The van der Waals surface area contributed by atoms with Crippen molar-refractivity contribution in [3.05, 3.63) is 65.2 Å². The summed E-state index contributed by atoms with van der Waals surface area (Å²) in [5.74, 6) is -2.04. The van der Waals surface area contributed by atoms with Crippen molar-refractivity contribution in [2.24, 2.45) is 0 Å². The third kappa shape index (κ3) is 8.49. The van der Waals surface area contributed by atoms with Crippen molar-refractivity contribution in [3.8, 4) is 5.75 Å². The zero-order chi connectivity index (χ0) is 29.2. The topological polar surface area (TPSA) is 150 Å². The second-order valence-corrected chi connectivity index (χ2v) is 10.1. The van der Waals surface area contributed by atoms with Crippen molar-refractivity contribution in [3.63, 3.8) is 0 Å². The highest BCUT2D eigenvalue weighted by molar-refractivity contribution is 6.01. The molecule has 4 N–H and O–H groups in total. The second kappa shape index (κ2) is 14.6. The van der Waals surface area contributed by atoms with Gasteiger partial charge < -0.3 is 35.4 Å². The van der Waals surface area contributed by atoms with Gasteiger partial charge in [-0.15, -0.1) is 0 Å². The molecule has 2 aromatic rings. The highest BCUT2D eigenvalue weighted by Gasteiger charge is 2.29. The second-order valence-electron chi connectivity index (χ2n) is 10.1. The van der Waals surface area contributed by atoms with Gasteiger partial charge in [-0.05, 0) is 23.3 Å². The summed E-state index contributed by atoms with van der Waals surface area (Å²) >= 11 is 0. The molecule has 2 aromatic carbocycles. The predicted molar refractivity (Wildman–Crippen MR) is 149 cm³/mol. The molecule has 12 nitrogen and oxygen atoms in total. The summed E-state index contributed by atoms with van der Waals surface area (Å²) in [5, 5.41) is 17.6. The van der Waals surface area contributed by atoms with Crippen LogP contribution in [0.15, 0.2) is 48.5 Å². The molecule has 0 radical (unpaired) electrons. The molecule has 0 bridgehead atoms. The first-order chi connectivity index (χ1) is 19.8. The van der Waals surface area contributed by atoms with Crippen LogP contribution in [-0.2, 0) is 32.2 Å². The molecule has 1 fully saturated rings. The molecule has 2 aliphatic heterocycles. The van der Waals surface area contributed by atoms with E-state index >= 15 is 0 Å².